The Hall–Kier alpha value is -0.840. The van der Waals surface area contributed by atoms with Gasteiger partial charge in [-0.3, -0.25) is 4.79 Å². The highest BCUT2D eigenvalue weighted by Crippen LogP contribution is 2.08. The summed E-state index contributed by atoms with van der Waals surface area (Å²) < 4.78 is 0. The smallest absolute Gasteiger partial charge is 0.244 e. The highest BCUT2D eigenvalue weighted by atomic mass is 32.1. The van der Waals surface area contributed by atoms with Crippen molar-refractivity contribution in [1.82, 2.24) is 15.5 Å². The standard InChI is InChI=1S/C12H23N3OS/c1-3-4-7-13-12(17)14-10(2)11(16)15-8-5-6-9-15/h10H,3-9H2,1-2H3,(H2,13,14,17). The van der Waals surface area contributed by atoms with E-state index in [1.54, 1.807) is 0 Å². The average molecular weight is 257 g/mol. The maximum absolute atomic E-state index is 12.0. The Morgan fingerprint density at radius 3 is 2.65 bits per heavy atom. The maximum atomic E-state index is 12.0. The largest absolute Gasteiger partial charge is 0.363 e. The number of carbonyl (C=O) groups excluding carboxylic acids is 1. The van der Waals surface area contributed by atoms with E-state index in [1.807, 2.05) is 11.8 Å². The molecule has 0 aliphatic carbocycles. The summed E-state index contributed by atoms with van der Waals surface area (Å²) >= 11 is 5.14. The molecule has 5 heteroatoms. The molecular formula is C12H23N3OS. The summed E-state index contributed by atoms with van der Waals surface area (Å²) in [6, 6.07) is -0.227. The number of nitrogens with one attached hydrogen (secondary N) is 2. The van der Waals surface area contributed by atoms with Crippen LogP contribution in [0.1, 0.15) is 39.5 Å². The summed E-state index contributed by atoms with van der Waals surface area (Å²) in [6.07, 6.45) is 4.48. The third-order valence-electron chi connectivity index (χ3n) is 2.95. The average Bonchev–Trinajstić information content (AvgIpc) is 2.81. The first kappa shape index (κ1) is 14.2. The van der Waals surface area contributed by atoms with Gasteiger partial charge in [0.2, 0.25) is 5.91 Å². The topological polar surface area (TPSA) is 44.4 Å². The molecule has 1 aliphatic rings. The van der Waals surface area contributed by atoms with Gasteiger partial charge >= 0.3 is 0 Å². The van der Waals surface area contributed by atoms with Gasteiger partial charge in [-0.15, -0.1) is 0 Å². The van der Waals surface area contributed by atoms with Crippen LogP contribution in [0.2, 0.25) is 0 Å². The van der Waals surface area contributed by atoms with E-state index >= 15 is 0 Å². The van der Waals surface area contributed by atoms with Crippen molar-refractivity contribution in [3.63, 3.8) is 0 Å². The summed E-state index contributed by atoms with van der Waals surface area (Å²) in [4.78, 5) is 13.9. The van der Waals surface area contributed by atoms with Gasteiger partial charge in [0.1, 0.15) is 6.04 Å². The Morgan fingerprint density at radius 2 is 2.06 bits per heavy atom. The fourth-order valence-electron chi connectivity index (χ4n) is 1.90. The van der Waals surface area contributed by atoms with Gasteiger partial charge in [0.05, 0.1) is 0 Å². The van der Waals surface area contributed by atoms with Gasteiger partial charge < -0.3 is 15.5 Å². The monoisotopic (exact) mass is 257 g/mol. The Balaban J connectivity index is 2.24. The maximum Gasteiger partial charge on any atom is 0.244 e. The molecule has 1 aliphatic heterocycles. The molecule has 1 heterocycles. The molecule has 1 fully saturated rings. The second kappa shape index (κ2) is 7.48. The van der Waals surface area contributed by atoms with E-state index in [9.17, 15) is 4.79 Å². The molecule has 0 bridgehead atoms. The van der Waals surface area contributed by atoms with E-state index < -0.39 is 0 Å². The molecule has 0 aromatic carbocycles. The molecule has 0 radical (unpaired) electrons. The normalized spacial score (nSPS) is 16.7. The molecule has 0 spiro atoms. The number of thiocarbonyl (C=S) groups is 1. The third-order valence-corrected chi connectivity index (χ3v) is 3.21. The van der Waals surface area contributed by atoms with Crippen LogP contribution in [0.25, 0.3) is 0 Å². The van der Waals surface area contributed by atoms with Crippen molar-refractivity contribution in [3.05, 3.63) is 0 Å². The number of nitrogens with zero attached hydrogens (tertiary/aromatic N) is 1. The van der Waals surface area contributed by atoms with Crippen molar-refractivity contribution in [3.8, 4) is 0 Å². The van der Waals surface area contributed by atoms with Gasteiger partial charge in [0, 0.05) is 19.6 Å². The molecule has 1 amide bonds. The molecule has 2 N–H and O–H groups in total. The van der Waals surface area contributed by atoms with Crippen LogP contribution in [0.3, 0.4) is 0 Å². The summed E-state index contributed by atoms with van der Waals surface area (Å²) in [5.74, 6) is 0.155. The number of carbonyl (C=O) groups is 1. The van der Waals surface area contributed by atoms with Gasteiger partial charge in [-0.1, -0.05) is 13.3 Å². The van der Waals surface area contributed by atoms with Crippen LogP contribution in [-0.2, 0) is 4.79 Å². The van der Waals surface area contributed by atoms with Gasteiger partial charge in [0.15, 0.2) is 5.11 Å². The molecule has 0 aromatic rings. The van der Waals surface area contributed by atoms with Gasteiger partial charge in [-0.2, -0.15) is 0 Å². The molecule has 4 nitrogen and oxygen atoms in total. The zero-order chi connectivity index (χ0) is 12.7. The minimum Gasteiger partial charge on any atom is -0.363 e. The Kier molecular flexibility index (Phi) is 6.26. The van der Waals surface area contributed by atoms with E-state index in [0.717, 1.165) is 45.3 Å². The molecule has 17 heavy (non-hydrogen) atoms. The van der Waals surface area contributed by atoms with E-state index in [0.29, 0.717) is 5.11 Å². The second-order valence-corrected chi connectivity index (χ2v) is 4.92. The lowest BCUT2D eigenvalue weighted by molar-refractivity contribution is -0.131. The van der Waals surface area contributed by atoms with Crippen molar-refractivity contribution in [2.75, 3.05) is 19.6 Å². The Morgan fingerprint density at radius 1 is 1.41 bits per heavy atom. The van der Waals surface area contributed by atoms with Crippen LogP contribution in [-0.4, -0.2) is 41.6 Å². The van der Waals surface area contributed by atoms with Gasteiger partial charge in [-0.05, 0) is 38.4 Å². The van der Waals surface area contributed by atoms with Crippen LogP contribution >= 0.6 is 12.2 Å². The Labute approximate surface area is 109 Å². The molecule has 98 valence electrons. The molecule has 0 saturated carbocycles. The summed E-state index contributed by atoms with van der Waals surface area (Å²) in [6.45, 7) is 6.65. The number of hydrogen-bond acceptors (Lipinski definition) is 2. The lowest BCUT2D eigenvalue weighted by Crippen LogP contribution is -2.49. The van der Waals surface area contributed by atoms with Crippen molar-refractivity contribution in [2.45, 2.75) is 45.6 Å². The minimum atomic E-state index is -0.227. The van der Waals surface area contributed by atoms with E-state index in [4.69, 9.17) is 12.2 Å². The van der Waals surface area contributed by atoms with Crippen molar-refractivity contribution >= 4 is 23.2 Å². The first-order valence-corrected chi connectivity index (χ1v) is 6.89. The van der Waals surface area contributed by atoms with Crippen molar-refractivity contribution in [2.24, 2.45) is 0 Å². The van der Waals surface area contributed by atoms with E-state index in [1.165, 1.54) is 0 Å². The first-order chi connectivity index (χ1) is 8.15. The molecular weight excluding hydrogens is 234 g/mol. The SMILES string of the molecule is CCCCNC(=S)NC(C)C(=O)N1CCCC1. The summed E-state index contributed by atoms with van der Waals surface area (Å²) in [5, 5.41) is 6.74. The fourth-order valence-corrected chi connectivity index (χ4v) is 2.18. The van der Waals surface area contributed by atoms with Crippen LogP contribution in [0.4, 0.5) is 0 Å². The third kappa shape index (κ3) is 4.89. The van der Waals surface area contributed by atoms with Crippen molar-refractivity contribution < 1.29 is 4.79 Å². The van der Waals surface area contributed by atoms with Crippen LogP contribution < -0.4 is 10.6 Å². The molecule has 1 atom stereocenters. The fraction of sp³-hybridized carbons (Fsp3) is 0.833. The number of unbranched alkanes of at least 4 members (excludes halogenated alkanes) is 1. The first-order valence-electron chi connectivity index (χ1n) is 6.48. The second-order valence-electron chi connectivity index (χ2n) is 4.51. The minimum absolute atomic E-state index is 0.155. The summed E-state index contributed by atoms with van der Waals surface area (Å²) in [5.41, 5.74) is 0. The number of likely N-dealkylation sites (tertiary alicyclic amines) is 1. The highest BCUT2D eigenvalue weighted by molar-refractivity contribution is 7.80. The van der Waals surface area contributed by atoms with Crippen LogP contribution in [0.5, 0.6) is 0 Å². The number of hydrogen-bond donors (Lipinski definition) is 2. The molecule has 1 saturated heterocycles. The van der Waals surface area contributed by atoms with Crippen LogP contribution in [0.15, 0.2) is 0 Å². The van der Waals surface area contributed by atoms with Crippen LogP contribution in [0, 0.1) is 0 Å². The predicted molar refractivity (Wildman–Crippen MR) is 73.9 cm³/mol. The lowest BCUT2D eigenvalue weighted by Gasteiger charge is -2.22. The number of rotatable bonds is 5. The quantitative estimate of drug-likeness (QED) is 0.575. The zero-order valence-corrected chi connectivity index (χ0v) is 11.6. The van der Waals surface area contributed by atoms with E-state index in [2.05, 4.69) is 17.6 Å². The van der Waals surface area contributed by atoms with Gasteiger partial charge in [0.25, 0.3) is 0 Å². The lowest BCUT2D eigenvalue weighted by atomic mass is 10.3. The zero-order valence-electron chi connectivity index (χ0n) is 10.8. The summed E-state index contributed by atoms with van der Waals surface area (Å²) in [7, 11) is 0. The van der Waals surface area contributed by atoms with Gasteiger partial charge in [-0.25, -0.2) is 0 Å². The Bertz CT molecular complexity index is 264. The van der Waals surface area contributed by atoms with Crippen molar-refractivity contribution in [1.29, 1.82) is 0 Å². The van der Waals surface area contributed by atoms with E-state index in [-0.39, 0.29) is 11.9 Å². The molecule has 0 aromatic heterocycles. The number of amides is 1. The highest BCUT2D eigenvalue weighted by Gasteiger charge is 2.23. The predicted octanol–water partition coefficient (Wildman–Crippen LogP) is 1.26. The molecule has 1 unspecified atom stereocenters. The molecule has 1 rings (SSSR count).